The van der Waals surface area contributed by atoms with Gasteiger partial charge in [-0.15, -0.1) is 0 Å². The smallest absolute Gasteiger partial charge is 0.274 e. The van der Waals surface area contributed by atoms with Crippen LogP contribution >= 0.6 is 0 Å². The molecule has 0 unspecified atom stereocenters. The monoisotopic (exact) mass is 356 g/mol. The van der Waals surface area contributed by atoms with Gasteiger partial charge in [-0.2, -0.15) is 10.2 Å². The van der Waals surface area contributed by atoms with E-state index in [4.69, 9.17) is 4.42 Å². The van der Waals surface area contributed by atoms with Gasteiger partial charge in [0.05, 0.1) is 29.8 Å². The van der Waals surface area contributed by atoms with E-state index in [1.165, 1.54) is 10.9 Å². The van der Waals surface area contributed by atoms with Crippen LogP contribution in [0.25, 0.3) is 0 Å². The second kappa shape index (κ2) is 6.87. The third-order valence-electron chi connectivity index (χ3n) is 4.03. The Kier molecular flexibility index (Phi) is 4.61. The maximum absolute atomic E-state index is 12.6. The van der Waals surface area contributed by atoms with Crippen LogP contribution in [0.5, 0.6) is 0 Å². The van der Waals surface area contributed by atoms with E-state index in [2.05, 4.69) is 20.8 Å². The minimum absolute atomic E-state index is 0.131. The van der Waals surface area contributed by atoms with E-state index in [1.807, 2.05) is 6.92 Å². The fraction of sp³-hybridized carbons (Fsp3) is 0.294. The molecule has 3 aromatic heterocycles. The van der Waals surface area contributed by atoms with Gasteiger partial charge in [-0.25, -0.2) is 0 Å². The SMILES string of the molecule is Cc1nn(C)c(C)c1C(=O)Nc1cn(C)nc1C(=O)NCc1ccco1. The Labute approximate surface area is 150 Å². The zero-order chi connectivity index (χ0) is 18.8. The number of furan rings is 1. The van der Waals surface area contributed by atoms with Gasteiger partial charge in [0, 0.05) is 26.0 Å². The molecule has 0 aromatic carbocycles. The molecule has 9 nitrogen and oxygen atoms in total. The molecular weight excluding hydrogens is 336 g/mol. The van der Waals surface area contributed by atoms with Gasteiger partial charge in [-0.05, 0) is 26.0 Å². The first-order valence-electron chi connectivity index (χ1n) is 8.02. The molecular formula is C17H20N6O3. The average molecular weight is 356 g/mol. The molecule has 0 aliphatic heterocycles. The maximum Gasteiger partial charge on any atom is 0.274 e. The minimum atomic E-state index is -0.406. The molecule has 0 radical (unpaired) electrons. The number of aryl methyl sites for hydroxylation is 3. The highest BCUT2D eigenvalue weighted by atomic mass is 16.3. The first-order chi connectivity index (χ1) is 12.4. The molecule has 0 saturated heterocycles. The van der Waals surface area contributed by atoms with E-state index in [0.717, 1.165) is 5.69 Å². The molecule has 2 amide bonds. The first-order valence-corrected chi connectivity index (χ1v) is 8.02. The zero-order valence-corrected chi connectivity index (χ0v) is 15.0. The highest BCUT2D eigenvalue weighted by Gasteiger charge is 2.22. The second-order valence-electron chi connectivity index (χ2n) is 5.95. The van der Waals surface area contributed by atoms with E-state index in [9.17, 15) is 9.59 Å². The quantitative estimate of drug-likeness (QED) is 0.721. The van der Waals surface area contributed by atoms with Crippen LogP contribution in [-0.2, 0) is 20.6 Å². The average Bonchev–Trinajstić information content (AvgIpc) is 3.27. The topological polar surface area (TPSA) is 107 Å². The molecule has 9 heteroatoms. The van der Waals surface area contributed by atoms with Crippen LogP contribution in [0.4, 0.5) is 5.69 Å². The Morgan fingerprint density at radius 1 is 1.19 bits per heavy atom. The third-order valence-corrected chi connectivity index (χ3v) is 4.03. The Bertz CT molecular complexity index is 952. The number of carbonyl (C=O) groups is 2. The fourth-order valence-corrected chi connectivity index (χ4v) is 2.70. The molecule has 3 rings (SSSR count). The molecule has 0 bridgehead atoms. The van der Waals surface area contributed by atoms with Crippen LogP contribution in [0.2, 0.25) is 0 Å². The Morgan fingerprint density at radius 2 is 1.96 bits per heavy atom. The van der Waals surface area contributed by atoms with Crippen molar-refractivity contribution in [3.05, 3.63) is 53.0 Å². The molecule has 2 N–H and O–H groups in total. The number of hydrogen-bond acceptors (Lipinski definition) is 5. The lowest BCUT2D eigenvalue weighted by atomic mass is 10.2. The molecule has 0 fully saturated rings. The predicted octanol–water partition coefficient (Wildman–Crippen LogP) is 1.55. The van der Waals surface area contributed by atoms with Crippen molar-refractivity contribution in [3.63, 3.8) is 0 Å². The van der Waals surface area contributed by atoms with Crippen molar-refractivity contribution in [1.82, 2.24) is 24.9 Å². The van der Waals surface area contributed by atoms with Crippen molar-refractivity contribution in [2.45, 2.75) is 20.4 Å². The lowest BCUT2D eigenvalue weighted by Crippen LogP contribution is -2.25. The van der Waals surface area contributed by atoms with Gasteiger partial charge in [0.25, 0.3) is 11.8 Å². The summed E-state index contributed by atoms with van der Waals surface area (Å²) in [5.41, 5.74) is 2.31. The summed E-state index contributed by atoms with van der Waals surface area (Å²) in [6.45, 7) is 3.81. The predicted molar refractivity (Wildman–Crippen MR) is 93.7 cm³/mol. The van der Waals surface area contributed by atoms with Gasteiger partial charge in [0.1, 0.15) is 5.76 Å². The van der Waals surface area contributed by atoms with Gasteiger partial charge in [-0.3, -0.25) is 19.0 Å². The van der Waals surface area contributed by atoms with Crippen LogP contribution < -0.4 is 10.6 Å². The second-order valence-corrected chi connectivity index (χ2v) is 5.95. The molecule has 0 saturated carbocycles. The highest BCUT2D eigenvalue weighted by Crippen LogP contribution is 2.18. The molecule has 3 aromatic rings. The molecule has 0 aliphatic carbocycles. The van der Waals surface area contributed by atoms with Crippen LogP contribution in [0.15, 0.2) is 29.0 Å². The van der Waals surface area contributed by atoms with Gasteiger partial charge in [0.2, 0.25) is 0 Å². The molecule has 0 spiro atoms. The van der Waals surface area contributed by atoms with Crippen molar-refractivity contribution in [2.24, 2.45) is 14.1 Å². The van der Waals surface area contributed by atoms with E-state index in [-0.39, 0.29) is 18.1 Å². The van der Waals surface area contributed by atoms with Crippen molar-refractivity contribution in [3.8, 4) is 0 Å². The van der Waals surface area contributed by atoms with E-state index in [1.54, 1.807) is 44.0 Å². The number of hydrogen-bond donors (Lipinski definition) is 2. The summed E-state index contributed by atoms with van der Waals surface area (Å²) in [6.07, 6.45) is 3.12. The summed E-state index contributed by atoms with van der Waals surface area (Å²) < 4.78 is 8.30. The van der Waals surface area contributed by atoms with E-state index in [0.29, 0.717) is 22.7 Å². The van der Waals surface area contributed by atoms with Crippen LogP contribution in [0.3, 0.4) is 0 Å². The third kappa shape index (κ3) is 3.37. The van der Waals surface area contributed by atoms with Crippen LogP contribution in [-0.4, -0.2) is 31.4 Å². The van der Waals surface area contributed by atoms with Gasteiger partial charge in [0.15, 0.2) is 5.69 Å². The Morgan fingerprint density at radius 3 is 2.58 bits per heavy atom. The standard InChI is InChI=1S/C17H20N6O3/c1-10-14(11(2)23(4)20-10)16(24)19-13-9-22(3)21-15(13)17(25)18-8-12-6-5-7-26-12/h5-7,9H,8H2,1-4H3,(H,18,25)(H,19,24). The number of aromatic nitrogens is 4. The summed E-state index contributed by atoms with van der Waals surface area (Å²) in [5, 5.41) is 13.9. The maximum atomic E-state index is 12.6. The van der Waals surface area contributed by atoms with Gasteiger partial charge in [-0.1, -0.05) is 0 Å². The Balaban J connectivity index is 1.78. The fourth-order valence-electron chi connectivity index (χ4n) is 2.70. The number of nitrogens with one attached hydrogen (secondary N) is 2. The van der Waals surface area contributed by atoms with Crippen molar-refractivity contribution in [2.75, 3.05) is 5.32 Å². The number of nitrogens with zero attached hydrogens (tertiary/aromatic N) is 4. The largest absolute Gasteiger partial charge is 0.467 e. The molecule has 0 aliphatic rings. The summed E-state index contributed by atoms with van der Waals surface area (Å²) >= 11 is 0. The van der Waals surface area contributed by atoms with Crippen LogP contribution in [0, 0.1) is 13.8 Å². The molecule has 136 valence electrons. The van der Waals surface area contributed by atoms with Gasteiger partial charge < -0.3 is 15.1 Å². The number of carbonyl (C=O) groups excluding carboxylic acids is 2. The lowest BCUT2D eigenvalue weighted by Gasteiger charge is -2.06. The van der Waals surface area contributed by atoms with Crippen LogP contribution in [0.1, 0.15) is 38.0 Å². The lowest BCUT2D eigenvalue weighted by molar-refractivity contribution is 0.0943. The first kappa shape index (κ1) is 17.5. The molecule has 26 heavy (non-hydrogen) atoms. The summed E-state index contributed by atoms with van der Waals surface area (Å²) in [7, 11) is 3.45. The minimum Gasteiger partial charge on any atom is -0.467 e. The van der Waals surface area contributed by atoms with E-state index >= 15 is 0 Å². The van der Waals surface area contributed by atoms with E-state index < -0.39 is 5.91 Å². The molecule has 3 heterocycles. The van der Waals surface area contributed by atoms with Crippen molar-refractivity contribution >= 4 is 17.5 Å². The summed E-state index contributed by atoms with van der Waals surface area (Å²) in [4.78, 5) is 25.1. The van der Waals surface area contributed by atoms with Crippen molar-refractivity contribution in [1.29, 1.82) is 0 Å². The number of rotatable bonds is 5. The number of anilines is 1. The highest BCUT2D eigenvalue weighted by molar-refractivity contribution is 6.09. The zero-order valence-electron chi connectivity index (χ0n) is 15.0. The van der Waals surface area contributed by atoms with Crippen molar-refractivity contribution < 1.29 is 14.0 Å². The van der Waals surface area contributed by atoms with Gasteiger partial charge >= 0.3 is 0 Å². The Hall–Kier alpha value is -3.36. The summed E-state index contributed by atoms with van der Waals surface area (Å²) in [6, 6.07) is 3.50. The summed E-state index contributed by atoms with van der Waals surface area (Å²) in [5.74, 6) is -0.111. The molecule has 0 atom stereocenters. The number of amides is 2. The normalized spacial score (nSPS) is 10.8.